The maximum absolute atomic E-state index is 5.78. The fourth-order valence-electron chi connectivity index (χ4n) is 1.31. The monoisotopic (exact) mass is 243 g/mol. The van der Waals surface area contributed by atoms with Gasteiger partial charge in [0.15, 0.2) is 0 Å². The summed E-state index contributed by atoms with van der Waals surface area (Å²) < 4.78 is 1.09. The number of rotatable bonds is 1. The van der Waals surface area contributed by atoms with Crippen LogP contribution >= 0.6 is 27.5 Å². The van der Waals surface area contributed by atoms with Gasteiger partial charge in [-0.3, -0.25) is 0 Å². The highest BCUT2D eigenvalue weighted by atomic mass is 79.9. The number of aromatic amines is 1. The van der Waals surface area contributed by atoms with Gasteiger partial charge in [0, 0.05) is 27.5 Å². The molecule has 1 aromatic heterocycles. The number of fused-ring (bicyclic) bond motifs is 1. The molecule has 0 aliphatic heterocycles. The second kappa shape index (κ2) is 3.11. The first-order chi connectivity index (χ1) is 5.83. The minimum atomic E-state index is 0.544. The van der Waals surface area contributed by atoms with Crippen molar-refractivity contribution < 1.29 is 0 Å². The summed E-state index contributed by atoms with van der Waals surface area (Å²) in [6, 6.07) is 6.06. The van der Waals surface area contributed by atoms with Gasteiger partial charge in [-0.2, -0.15) is 0 Å². The lowest BCUT2D eigenvalue weighted by Gasteiger charge is -1.95. The number of H-pyrrole nitrogens is 1. The molecule has 0 spiro atoms. The molecule has 1 heterocycles. The average molecular weight is 245 g/mol. The summed E-state index contributed by atoms with van der Waals surface area (Å²) in [6.07, 6.45) is 1.95. The van der Waals surface area contributed by atoms with Crippen LogP contribution in [0.25, 0.3) is 10.9 Å². The van der Waals surface area contributed by atoms with Crippen molar-refractivity contribution in [1.82, 2.24) is 4.98 Å². The Morgan fingerprint density at radius 3 is 3.00 bits per heavy atom. The van der Waals surface area contributed by atoms with Crippen molar-refractivity contribution in [2.24, 2.45) is 0 Å². The maximum atomic E-state index is 5.78. The number of alkyl halides is 1. The van der Waals surface area contributed by atoms with E-state index in [1.54, 1.807) is 0 Å². The summed E-state index contributed by atoms with van der Waals surface area (Å²) in [6.45, 7) is 0. The van der Waals surface area contributed by atoms with E-state index in [4.69, 9.17) is 11.6 Å². The van der Waals surface area contributed by atoms with Crippen LogP contribution in [0.4, 0.5) is 0 Å². The first-order valence-corrected chi connectivity index (χ1v) is 4.96. The molecule has 0 saturated heterocycles. The number of benzene rings is 1. The number of hydrogen-bond donors (Lipinski definition) is 1. The minimum absolute atomic E-state index is 0.544. The van der Waals surface area contributed by atoms with E-state index in [1.165, 1.54) is 5.39 Å². The Labute approximate surface area is 83.9 Å². The van der Waals surface area contributed by atoms with Gasteiger partial charge in [0.25, 0.3) is 0 Å². The van der Waals surface area contributed by atoms with E-state index in [0.717, 1.165) is 15.6 Å². The zero-order chi connectivity index (χ0) is 8.55. The molecule has 1 aromatic carbocycles. The maximum Gasteiger partial charge on any atom is 0.0495 e. The first kappa shape index (κ1) is 8.14. The lowest BCUT2D eigenvalue weighted by molar-refractivity contribution is 1.39. The highest BCUT2D eigenvalue weighted by Gasteiger charge is 2.04. The summed E-state index contributed by atoms with van der Waals surface area (Å²) >= 11 is 9.27. The fourth-order valence-corrected chi connectivity index (χ4v) is 2.14. The lowest BCUT2D eigenvalue weighted by atomic mass is 10.2. The Morgan fingerprint density at radius 2 is 2.25 bits per heavy atom. The van der Waals surface area contributed by atoms with Crippen LogP contribution in [0.2, 0.25) is 0 Å². The molecule has 0 unspecified atom stereocenters. The van der Waals surface area contributed by atoms with Crippen LogP contribution in [-0.4, -0.2) is 4.98 Å². The molecule has 1 N–H and O–H groups in total. The van der Waals surface area contributed by atoms with Crippen LogP contribution < -0.4 is 0 Å². The highest BCUT2D eigenvalue weighted by molar-refractivity contribution is 9.10. The van der Waals surface area contributed by atoms with Crippen LogP contribution in [0.5, 0.6) is 0 Å². The summed E-state index contributed by atoms with van der Waals surface area (Å²) in [5, 5.41) is 1.19. The Hall–Kier alpha value is -0.470. The molecule has 2 rings (SSSR count). The van der Waals surface area contributed by atoms with E-state index in [-0.39, 0.29) is 0 Å². The van der Waals surface area contributed by atoms with Crippen LogP contribution in [-0.2, 0) is 5.88 Å². The van der Waals surface area contributed by atoms with Gasteiger partial charge >= 0.3 is 0 Å². The third-order valence-corrected chi connectivity index (χ3v) is 2.83. The molecule has 0 aliphatic carbocycles. The van der Waals surface area contributed by atoms with Gasteiger partial charge < -0.3 is 4.98 Å². The molecule has 12 heavy (non-hydrogen) atoms. The second-order valence-corrected chi connectivity index (χ2v) is 3.73. The molecule has 0 radical (unpaired) electrons. The third-order valence-electron chi connectivity index (χ3n) is 1.88. The summed E-state index contributed by atoms with van der Waals surface area (Å²) in [7, 11) is 0. The normalized spacial score (nSPS) is 10.8. The number of halogens is 2. The van der Waals surface area contributed by atoms with Crippen molar-refractivity contribution in [3.63, 3.8) is 0 Å². The molecule has 0 bridgehead atoms. The molecule has 0 amide bonds. The van der Waals surface area contributed by atoms with Gasteiger partial charge in [-0.25, -0.2) is 0 Å². The van der Waals surface area contributed by atoms with Gasteiger partial charge in [0.05, 0.1) is 0 Å². The van der Waals surface area contributed by atoms with E-state index < -0.39 is 0 Å². The van der Waals surface area contributed by atoms with Crippen LogP contribution in [0.15, 0.2) is 28.9 Å². The van der Waals surface area contributed by atoms with Crippen molar-refractivity contribution in [1.29, 1.82) is 0 Å². The van der Waals surface area contributed by atoms with E-state index in [1.807, 2.05) is 24.4 Å². The SMILES string of the molecule is ClCc1c[nH]c2cccc(Br)c12. The molecule has 0 atom stereocenters. The van der Waals surface area contributed by atoms with Crippen molar-refractivity contribution in [2.75, 3.05) is 0 Å². The zero-order valence-electron chi connectivity index (χ0n) is 6.27. The Kier molecular flexibility index (Phi) is 2.11. The fraction of sp³-hybridized carbons (Fsp3) is 0.111. The van der Waals surface area contributed by atoms with E-state index in [2.05, 4.69) is 20.9 Å². The molecular weight excluding hydrogens is 237 g/mol. The van der Waals surface area contributed by atoms with Crippen molar-refractivity contribution >= 4 is 38.4 Å². The predicted octanol–water partition coefficient (Wildman–Crippen LogP) is 3.67. The van der Waals surface area contributed by atoms with Gasteiger partial charge in [-0.15, -0.1) is 11.6 Å². The van der Waals surface area contributed by atoms with Crippen molar-refractivity contribution in [3.8, 4) is 0 Å². The predicted molar refractivity (Wildman–Crippen MR) is 55.6 cm³/mol. The summed E-state index contributed by atoms with van der Waals surface area (Å²) in [5.74, 6) is 0.544. The van der Waals surface area contributed by atoms with Gasteiger partial charge in [0.1, 0.15) is 0 Å². The van der Waals surface area contributed by atoms with Gasteiger partial charge in [-0.1, -0.05) is 22.0 Å². The molecule has 62 valence electrons. The highest BCUT2D eigenvalue weighted by Crippen LogP contribution is 2.27. The molecule has 0 fully saturated rings. The Morgan fingerprint density at radius 1 is 1.42 bits per heavy atom. The van der Waals surface area contributed by atoms with Crippen molar-refractivity contribution in [3.05, 3.63) is 34.4 Å². The third kappa shape index (κ3) is 1.15. The van der Waals surface area contributed by atoms with E-state index in [0.29, 0.717) is 5.88 Å². The molecule has 3 heteroatoms. The summed E-state index contributed by atoms with van der Waals surface area (Å²) in [4.78, 5) is 3.17. The minimum Gasteiger partial charge on any atom is -0.361 e. The largest absolute Gasteiger partial charge is 0.361 e. The lowest BCUT2D eigenvalue weighted by Crippen LogP contribution is -1.74. The summed E-state index contributed by atoms with van der Waals surface area (Å²) in [5.41, 5.74) is 2.26. The first-order valence-electron chi connectivity index (χ1n) is 3.63. The topological polar surface area (TPSA) is 15.8 Å². The number of aromatic nitrogens is 1. The van der Waals surface area contributed by atoms with Gasteiger partial charge in [-0.05, 0) is 17.7 Å². The quantitative estimate of drug-likeness (QED) is 0.737. The average Bonchev–Trinajstić information content (AvgIpc) is 2.49. The molecule has 0 saturated carbocycles. The second-order valence-electron chi connectivity index (χ2n) is 2.61. The smallest absolute Gasteiger partial charge is 0.0495 e. The van der Waals surface area contributed by atoms with Crippen LogP contribution in [0.3, 0.4) is 0 Å². The zero-order valence-corrected chi connectivity index (χ0v) is 8.61. The van der Waals surface area contributed by atoms with E-state index in [9.17, 15) is 0 Å². The molecule has 2 aromatic rings. The van der Waals surface area contributed by atoms with Crippen molar-refractivity contribution in [2.45, 2.75) is 5.88 Å². The molecular formula is C9H7BrClN. The Bertz CT molecular complexity index is 408. The van der Waals surface area contributed by atoms with Crippen LogP contribution in [0.1, 0.15) is 5.56 Å². The van der Waals surface area contributed by atoms with Crippen LogP contribution in [0, 0.1) is 0 Å². The molecule has 1 nitrogen and oxygen atoms in total. The molecule has 0 aliphatic rings. The van der Waals surface area contributed by atoms with E-state index >= 15 is 0 Å². The van der Waals surface area contributed by atoms with Gasteiger partial charge in [0.2, 0.25) is 0 Å². The Balaban J connectivity index is 2.83. The number of hydrogen-bond acceptors (Lipinski definition) is 0. The standard InChI is InChI=1S/C9H7BrClN/c10-7-2-1-3-8-9(7)6(4-11)5-12-8/h1-3,5,12H,4H2. The number of nitrogens with one attached hydrogen (secondary N) is 1.